The highest BCUT2D eigenvalue weighted by Crippen LogP contribution is 2.16. The van der Waals surface area contributed by atoms with E-state index in [4.69, 9.17) is 0 Å². The molecule has 114 valence electrons. The highest BCUT2D eigenvalue weighted by Gasteiger charge is 2.06. The third-order valence-corrected chi connectivity index (χ3v) is 3.11. The van der Waals surface area contributed by atoms with Crippen molar-refractivity contribution in [1.29, 1.82) is 0 Å². The minimum Gasteiger partial charge on any atom is -0.354 e. The van der Waals surface area contributed by atoms with Gasteiger partial charge in [0.15, 0.2) is 5.78 Å². The first kappa shape index (κ1) is 15.7. The summed E-state index contributed by atoms with van der Waals surface area (Å²) in [5, 5.41) is 5.95. The molecule has 0 fully saturated rings. The summed E-state index contributed by atoms with van der Waals surface area (Å²) in [6, 6.07) is 10.7. The van der Waals surface area contributed by atoms with Crippen LogP contribution in [0, 0.1) is 0 Å². The van der Waals surface area contributed by atoms with Gasteiger partial charge in [0.2, 0.25) is 0 Å². The molecule has 0 saturated carbocycles. The van der Waals surface area contributed by atoms with Gasteiger partial charge in [-0.25, -0.2) is 4.98 Å². The van der Waals surface area contributed by atoms with E-state index < -0.39 is 0 Å². The van der Waals surface area contributed by atoms with Crippen LogP contribution in [0.4, 0.5) is 11.4 Å². The Morgan fingerprint density at radius 3 is 2.27 bits per heavy atom. The third-order valence-electron chi connectivity index (χ3n) is 3.11. The van der Waals surface area contributed by atoms with Crippen LogP contribution in [0.1, 0.15) is 41.1 Å². The molecule has 0 spiro atoms. The van der Waals surface area contributed by atoms with Crippen LogP contribution >= 0.6 is 0 Å². The Labute approximate surface area is 129 Å². The lowest BCUT2D eigenvalue weighted by Gasteiger charge is -2.08. The van der Waals surface area contributed by atoms with Crippen LogP contribution in [0.5, 0.6) is 0 Å². The van der Waals surface area contributed by atoms with Crippen molar-refractivity contribution in [2.45, 2.75) is 20.3 Å². The van der Waals surface area contributed by atoms with Crippen molar-refractivity contribution in [1.82, 2.24) is 10.3 Å². The van der Waals surface area contributed by atoms with Gasteiger partial charge >= 0.3 is 0 Å². The average molecular weight is 297 g/mol. The Morgan fingerprint density at radius 2 is 1.73 bits per heavy atom. The molecule has 0 unspecified atom stereocenters. The molecule has 2 N–H and O–H groups in total. The van der Waals surface area contributed by atoms with Gasteiger partial charge in [-0.3, -0.25) is 9.59 Å². The minimum absolute atomic E-state index is 0.0376. The van der Waals surface area contributed by atoms with Crippen LogP contribution < -0.4 is 10.6 Å². The van der Waals surface area contributed by atoms with Crippen LogP contribution in [0.3, 0.4) is 0 Å². The highest BCUT2D eigenvalue weighted by molar-refractivity contribution is 5.94. The quantitative estimate of drug-likeness (QED) is 0.803. The van der Waals surface area contributed by atoms with Gasteiger partial charge in [0, 0.05) is 17.8 Å². The fraction of sp³-hybridized carbons (Fsp3) is 0.235. The maximum absolute atomic E-state index is 11.7. The average Bonchev–Trinajstić information content (AvgIpc) is 2.54. The summed E-state index contributed by atoms with van der Waals surface area (Å²) in [6.07, 6.45) is 2.50. The lowest BCUT2D eigenvalue weighted by molar-refractivity contribution is 0.0947. The van der Waals surface area contributed by atoms with Gasteiger partial charge in [-0.05, 0) is 49.7 Å². The first-order chi connectivity index (χ1) is 10.6. The van der Waals surface area contributed by atoms with E-state index in [1.807, 2.05) is 19.1 Å². The summed E-state index contributed by atoms with van der Waals surface area (Å²) in [4.78, 5) is 27.1. The molecule has 0 saturated heterocycles. The van der Waals surface area contributed by atoms with Gasteiger partial charge in [0.25, 0.3) is 5.91 Å². The number of pyridine rings is 1. The molecule has 2 rings (SSSR count). The van der Waals surface area contributed by atoms with E-state index >= 15 is 0 Å². The second-order valence-corrected chi connectivity index (χ2v) is 4.95. The van der Waals surface area contributed by atoms with Crippen molar-refractivity contribution >= 4 is 23.1 Å². The Hall–Kier alpha value is -2.69. The standard InChI is InChI=1S/C17H19N3O2/c1-3-10-18-17(22)16-9-8-15(11-19-16)20-14-6-4-13(5-7-14)12(2)21/h4-9,11,20H,3,10H2,1-2H3,(H,18,22). The second kappa shape index (κ2) is 7.36. The number of anilines is 2. The molecule has 0 aliphatic heterocycles. The Morgan fingerprint density at radius 1 is 1.05 bits per heavy atom. The van der Waals surface area contributed by atoms with Gasteiger partial charge in [-0.15, -0.1) is 0 Å². The second-order valence-electron chi connectivity index (χ2n) is 4.95. The van der Waals surface area contributed by atoms with Gasteiger partial charge < -0.3 is 10.6 Å². The lowest BCUT2D eigenvalue weighted by Crippen LogP contribution is -2.24. The van der Waals surface area contributed by atoms with Gasteiger partial charge in [0.1, 0.15) is 5.69 Å². The van der Waals surface area contributed by atoms with E-state index in [0.717, 1.165) is 17.8 Å². The zero-order chi connectivity index (χ0) is 15.9. The van der Waals surface area contributed by atoms with Gasteiger partial charge in [-0.2, -0.15) is 0 Å². The van der Waals surface area contributed by atoms with Crippen molar-refractivity contribution in [2.75, 3.05) is 11.9 Å². The number of ketones is 1. The van der Waals surface area contributed by atoms with Crippen LogP contribution in [0.2, 0.25) is 0 Å². The molecule has 5 nitrogen and oxygen atoms in total. The molecule has 0 radical (unpaired) electrons. The number of hydrogen-bond donors (Lipinski definition) is 2. The predicted octanol–water partition coefficient (Wildman–Crippen LogP) is 3.17. The van der Waals surface area contributed by atoms with Crippen molar-refractivity contribution in [3.05, 3.63) is 53.9 Å². The Bertz CT molecular complexity index is 649. The van der Waals surface area contributed by atoms with Crippen LogP contribution in [0.15, 0.2) is 42.6 Å². The van der Waals surface area contributed by atoms with E-state index in [0.29, 0.717) is 17.8 Å². The molecule has 1 heterocycles. The zero-order valence-electron chi connectivity index (χ0n) is 12.7. The fourth-order valence-corrected chi connectivity index (χ4v) is 1.89. The van der Waals surface area contributed by atoms with E-state index in [2.05, 4.69) is 15.6 Å². The fourth-order valence-electron chi connectivity index (χ4n) is 1.89. The van der Waals surface area contributed by atoms with E-state index in [9.17, 15) is 9.59 Å². The molecule has 22 heavy (non-hydrogen) atoms. The molecular formula is C17H19N3O2. The molecule has 0 atom stereocenters. The van der Waals surface area contributed by atoms with E-state index in [1.54, 1.807) is 30.5 Å². The van der Waals surface area contributed by atoms with Crippen molar-refractivity contribution in [3.8, 4) is 0 Å². The van der Waals surface area contributed by atoms with E-state index in [-0.39, 0.29) is 11.7 Å². The van der Waals surface area contributed by atoms with Gasteiger partial charge in [-0.1, -0.05) is 6.92 Å². The number of hydrogen-bond acceptors (Lipinski definition) is 4. The Balaban J connectivity index is 2.01. The molecule has 5 heteroatoms. The first-order valence-electron chi connectivity index (χ1n) is 7.22. The van der Waals surface area contributed by atoms with Gasteiger partial charge in [0.05, 0.1) is 11.9 Å². The summed E-state index contributed by atoms with van der Waals surface area (Å²) >= 11 is 0. The number of rotatable bonds is 6. The summed E-state index contributed by atoms with van der Waals surface area (Å²) in [6.45, 7) is 4.18. The molecule has 2 aromatic rings. The number of nitrogens with zero attached hydrogens (tertiary/aromatic N) is 1. The first-order valence-corrected chi connectivity index (χ1v) is 7.22. The topological polar surface area (TPSA) is 71.1 Å². The van der Waals surface area contributed by atoms with Crippen LogP contribution in [-0.2, 0) is 0 Å². The number of Topliss-reactive ketones (excluding diaryl/α,β-unsaturated/α-hetero) is 1. The largest absolute Gasteiger partial charge is 0.354 e. The van der Waals surface area contributed by atoms with Crippen molar-refractivity contribution < 1.29 is 9.59 Å². The number of carbonyl (C=O) groups is 2. The van der Waals surface area contributed by atoms with E-state index in [1.165, 1.54) is 6.92 Å². The monoisotopic (exact) mass is 297 g/mol. The summed E-state index contributed by atoms with van der Waals surface area (Å²) in [5.74, 6) is -0.130. The smallest absolute Gasteiger partial charge is 0.269 e. The summed E-state index contributed by atoms with van der Waals surface area (Å²) in [5.41, 5.74) is 2.70. The number of benzene rings is 1. The number of amides is 1. The molecule has 1 amide bonds. The SMILES string of the molecule is CCCNC(=O)c1ccc(Nc2ccc(C(C)=O)cc2)cn1. The molecule has 1 aromatic heterocycles. The predicted molar refractivity (Wildman–Crippen MR) is 86.6 cm³/mol. The molecule has 0 aliphatic carbocycles. The third kappa shape index (κ3) is 4.15. The minimum atomic E-state index is -0.167. The zero-order valence-corrected chi connectivity index (χ0v) is 12.7. The number of aromatic nitrogens is 1. The maximum Gasteiger partial charge on any atom is 0.269 e. The van der Waals surface area contributed by atoms with Crippen molar-refractivity contribution in [2.24, 2.45) is 0 Å². The van der Waals surface area contributed by atoms with Crippen molar-refractivity contribution in [3.63, 3.8) is 0 Å². The van der Waals surface area contributed by atoms with Crippen LogP contribution in [-0.4, -0.2) is 23.2 Å². The number of carbonyl (C=O) groups excluding carboxylic acids is 2. The lowest BCUT2D eigenvalue weighted by atomic mass is 10.1. The van der Waals surface area contributed by atoms with Crippen LogP contribution in [0.25, 0.3) is 0 Å². The summed E-state index contributed by atoms with van der Waals surface area (Å²) in [7, 11) is 0. The Kier molecular flexibility index (Phi) is 5.25. The highest BCUT2D eigenvalue weighted by atomic mass is 16.1. The number of nitrogens with one attached hydrogen (secondary N) is 2. The maximum atomic E-state index is 11.7. The normalized spacial score (nSPS) is 10.1. The molecule has 0 aliphatic rings. The molecule has 1 aromatic carbocycles. The molecule has 0 bridgehead atoms. The molecular weight excluding hydrogens is 278 g/mol. The summed E-state index contributed by atoms with van der Waals surface area (Å²) < 4.78 is 0.